The van der Waals surface area contributed by atoms with Gasteiger partial charge in [0.15, 0.2) is 5.69 Å². The van der Waals surface area contributed by atoms with Crippen molar-refractivity contribution >= 4 is 40.9 Å². The van der Waals surface area contributed by atoms with E-state index < -0.39 is 42.4 Å². The van der Waals surface area contributed by atoms with Crippen molar-refractivity contribution in [1.29, 1.82) is 0 Å². The number of aromatic nitrogens is 3. The summed E-state index contributed by atoms with van der Waals surface area (Å²) >= 11 is 13.0. The van der Waals surface area contributed by atoms with Gasteiger partial charge in [0.25, 0.3) is 0 Å². The van der Waals surface area contributed by atoms with Gasteiger partial charge in [-0.2, -0.15) is 0 Å². The Morgan fingerprint density at radius 2 is 2.00 bits per heavy atom. The largest absolute Gasteiger partial charge is 0.476 e. The number of carboxylic acids is 1. The van der Waals surface area contributed by atoms with E-state index in [0.29, 0.717) is 14.9 Å². The second kappa shape index (κ2) is 8.31. The Bertz CT molecular complexity index is 838. The molecule has 146 valence electrons. The van der Waals surface area contributed by atoms with Crippen LogP contribution in [0.2, 0.25) is 10.0 Å². The summed E-state index contributed by atoms with van der Waals surface area (Å²) in [6.07, 6.45) is -2.54. The van der Waals surface area contributed by atoms with Gasteiger partial charge in [-0.3, -0.25) is 0 Å². The lowest BCUT2D eigenvalue weighted by molar-refractivity contribution is -0.178. The van der Waals surface area contributed by atoms with E-state index in [1.54, 1.807) is 18.2 Å². The van der Waals surface area contributed by atoms with Crippen LogP contribution in [0.5, 0.6) is 0 Å². The van der Waals surface area contributed by atoms with Crippen molar-refractivity contribution in [1.82, 2.24) is 15.0 Å². The maximum Gasteiger partial charge on any atom is 0.358 e. The number of aliphatic hydroxyl groups is 3. The lowest BCUT2D eigenvalue weighted by atomic mass is 9.97. The van der Waals surface area contributed by atoms with E-state index in [0.717, 1.165) is 22.6 Å². The molecule has 1 aromatic carbocycles. The van der Waals surface area contributed by atoms with Crippen LogP contribution in [0.25, 0.3) is 0 Å². The van der Waals surface area contributed by atoms with Crippen LogP contribution < -0.4 is 0 Å². The lowest BCUT2D eigenvalue weighted by Gasteiger charge is -2.41. The standard InChI is InChI=1S/C15H15Cl2N3O6S/c16-7-2-1-6(3-8(7)17)27-15-13(23)11(12(22)10(5-21)26-15)20-4-9(14(24)25)18-19-20/h1-4,10-13,15,21-23H,5H2,(H,24,25)/t10?,11-,12-,13?,15+/m0/s1. The van der Waals surface area contributed by atoms with Gasteiger partial charge < -0.3 is 25.2 Å². The van der Waals surface area contributed by atoms with Crippen LogP contribution in [-0.2, 0) is 4.74 Å². The molecule has 3 rings (SSSR count). The molecule has 5 atom stereocenters. The maximum absolute atomic E-state index is 11.0. The monoisotopic (exact) mass is 435 g/mol. The molecule has 0 bridgehead atoms. The number of carboxylic acid groups (broad SMARTS) is 1. The highest BCUT2D eigenvalue weighted by Gasteiger charge is 2.46. The molecule has 1 fully saturated rings. The molecule has 2 heterocycles. The van der Waals surface area contributed by atoms with Crippen molar-refractivity contribution in [3.63, 3.8) is 0 Å². The minimum absolute atomic E-state index is 0.324. The van der Waals surface area contributed by atoms with Gasteiger partial charge in [-0.05, 0) is 18.2 Å². The minimum atomic E-state index is -1.33. The summed E-state index contributed by atoms with van der Waals surface area (Å²) in [6.45, 7) is -0.511. The van der Waals surface area contributed by atoms with Gasteiger partial charge in [0.05, 0.1) is 22.8 Å². The molecule has 4 N–H and O–H groups in total. The van der Waals surface area contributed by atoms with Gasteiger partial charge in [0.2, 0.25) is 0 Å². The fourth-order valence-corrected chi connectivity index (χ4v) is 4.14. The van der Waals surface area contributed by atoms with Crippen molar-refractivity contribution in [3.05, 3.63) is 40.1 Å². The summed E-state index contributed by atoms with van der Waals surface area (Å²) < 4.78 is 6.66. The third-order valence-corrected chi connectivity index (χ3v) is 5.91. The van der Waals surface area contributed by atoms with Gasteiger partial charge in [-0.25, -0.2) is 9.48 Å². The van der Waals surface area contributed by atoms with Crippen molar-refractivity contribution < 1.29 is 30.0 Å². The number of ether oxygens (including phenoxy) is 1. The molecule has 2 aromatic rings. The quantitative estimate of drug-likeness (QED) is 0.542. The van der Waals surface area contributed by atoms with E-state index in [2.05, 4.69) is 10.3 Å². The molecule has 0 amide bonds. The smallest absolute Gasteiger partial charge is 0.358 e. The molecule has 0 saturated carbocycles. The van der Waals surface area contributed by atoms with Crippen LogP contribution in [0, 0.1) is 0 Å². The zero-order valence-corrected chi connectivity index (χ0v) is 15.8. The number of hydrogen-bond donors (Lipinski definition) is 4. The molecule has 9 nitrogen and oxygen atoms in total. The molecule has 0 radical (unpaired) electrons. The van der Waals surface area contributed by atoms with Gasteiger partial charge in [-0.15, -0.1) is 5.10 Å². The van der Waals surface area contributed by atoms with Crippen LogP contribution in [0.3, 0.4) is 0 Å². The Hall–Kier alpha value is -1.40. The number of rotatable bonds is 5. The summed E-state index contributed by atoms with van der Waals surface area (Å²) in [5, 5.41) is 47.5. The summed E-state index contributed by atoms with van der Waals surface area (Å²) in [6, 6.07) is 3.79. The van der Waals surface area contributed by atoms with E-state index in [4.69, 9.17) is 33.0 Å². The zero-order valence-electron chi connectivity index (χ0n) is 13.5. The molecule has 0 aliphatic carbocycles. The second-order valence-corrected chi connectivity index (χ2v) is 7.77. The molecule has 12 heteroatoms. The van der Waals surface area contributed by atoms with Crippen molar-refractivity contribution in [2.75, 3.05) is 6.61 Å². The number of aromatic carboxylic acids is 1. The molecule has 1 saturated heterocycles. The summed E-state index contributed by atoms with van der Waals surface area (Å²) in [7, 11) is 0. The molecule has 1 aromatic heterocycles. The number of carbonyl (C=O) groups is 1. The summed E-state index contributed by atoms with van der Waals surface area (Å²) in [5.41, 5.74) is -1.24. The highest BCUT2D eigenvalue weighted by Crippen LogP contribution is 2.39. The average molecular weight is 436 g/mol. The van der Waals surface area contributed by atoms with Crippen molar-refractivity contribution in [3.8, 4) is 0 Å². The van der Waals surface area contributed by atoms with E-state index in [1.165, 1.54) is 0 Å². The number of halogens is 2. The molecule has 0 spiro atoms. The van der Waals surface area contributed by atoms with E-state index in [9.17, 15) is 20.1 Å². The first-order valence-electron chi connectivity index (χ1n) is 7.71. The average Bonchev–Trinajstić information content (AvgIpc) is 3.10. The minimum Gasteiger partial charge on any atom is -0.476 e. The molecule has 2 unspecified atom stereocenters. The molecule has 27 heavy (non-hydrogen) atoms. The number of nitrogens with zero attached hydrogens (tertiary/aromatic N) is 3. The number of thioether (sulfide) groups is 1. The van der Waals surface area contributed by atoms with Gasteiger partial charge in [0.1, 0.15) is 29.8 Å². The van der Waals surface area contributed by atoms with Crippen molar-refractivity contribution in [2.45, 2.75) is 34.7 Å². The van der Waals surface area contributed by atoms with Crippen LogP contribution in [0.15, 0.2) is 29.3 Å². The molecular formula is C15H15Cl2N3O6S. The zero-order chi connectivity index (χ0) is 19.7. The Labute approximate surface area is 167 Å². The first-order chi connectivity index (χ1) is 12.8. The maximum atomic E-state index is 11.0. The van der Waals surface area contributed by atoms with Gasteiger partial charge >= 0.3 is 5.97 Å². The van der Waals surface area contributed by atoms with E-state index in [1.807, 2.05) is 0 Å². The molecule has 1 aliphatic rings. The summed E-state index contributed by atoms with van der Waals surface area (Å²) in [4.78, 5) is 11.7. The van der Waals surface area contributed by atoms with Crippen LogP contribution in [0.1, 0.15) is 16.5 Å². The highest BCUT2D eigenvalue weighted by molar-refractivity contribution is 7.99. The normalized spacial score (nSPS) is 28.3. The number of aliphatic hydroxyl groups excluding tert-OH is 3. The van der Waals surface area contributed by atoms with E-state index >= 15 is 0 Å². The topological polar surface area (TPSA) is 138 Å². The summed E-state index contributed by atoms with van der Waals surface area (Å²) in [5.74, 6) is -1.29. The fraction of sp³-hybridized carbons (Fsp3) is 0.400. The predicted molar refractivity (Wildman–Crippen MR) is 96.1 cm³/mol. The third-order valence-electron chi connectivity index (χ3n) is 4.03. The molecular weight excluding hydrogens is 421 g/mol. The Balaban J connectivity index is 1.88. The Kier molecular flexibility index (Phi) is 6.26. The van der Waals surface area contributed by atoms with Crippen molar-refractivity contribution in [2.24, 2.45) is 0 Å². The SMILES string of the molecule is O=C(O)c1cn([C@@H]2C(O)[C@@H](Sc3ccc(Cl)c(Cl)c3)OC(CO)[C@@H]2O)nn1. The van der Waals surface area contributed by atoms with Crippen LogP contribution in [0.4, 0.5) is 0 Å². The fourth-order valence-electron chi connectivity index (χ4n) is 2.68. The highest BCUT2D eigenvalue weighted by atomic mass is 35.5. The second-order valence-electron chi connectivity index (χ2n) is 5.78. The molecule has 1 aliphatic heterocycles. The predicted octanol–water partition coefficient (Wildman–Crippen LogP) is 1.06. The van der Waals surface area contributed by atoms with Crippen LogP contribution in [-0.4, -0.2) is 71.7 Å². The van der Waals surface area contributed by atoms with E-state index in [-0.39, 0.29) is 5.69 Å². The first kappa shape index (κ1) is 20.3. The van der Waals surface area contributed by atoms with Gasteiger partial charge in [-0.1, -0.05) is 40.2 Å². The first-order valence-corrected chi connectivity index (χ1v) is 9.34. The Morgan fingerprint density at radius 3 is 2.59 bits per heavy atom. The number of hydrogen-bond acceptors (Lipinski definition) is 8. The number of benzene rings is 1. The lowest BCUT2D eigenvalue weighted by Crippen LogP contribution is -2.55. The van der Waals surface area contributed by atoms with Crippen LogP contribution >= 0.6 is 35.0 Å². The third kappa shape index (κ3) is 4.21. The van der Waals surface area contributed by atoms with Gasteiger partial charge in [0, 0.05) is 4.90 Å². The Morgan fingerprint density at radius 1 is 1.26 bits per heavy atom.